The van der Waals surface area contributed by atoms with Crippen LogP contribution in [0, 0.1) is 23.7 Å². The third kappa shape index (κ3) is 1.92. The van der Waals surface area contributed by atoms with Gasteiger partial charge in [0.1, 0.15) is 0 Å². The molecule has 0 amide bonds. The van der Waals surface area contributed by atoms with E-state index in [4.69, 9.17) is 14.2 Å². The van der Waals surface area contributed by atoms with Crippen LogP contribution < -0.4 is 0 Å². The first-order chi connectivity index (χ1) is 8.10. The summed E-state index contributed by atoms with van der Waals surface area (Å²) in [7, 11) is 1.49. The van der Waals surface area contributed by atoms with Crippen molar-refractivity contribution in [2.45, 2.75) is 26.6 Å². The maximum Gasteiger partial charge on any atom is 0.312 e. The molecular weight excluding hydrogens is 224 g/mol. The van der Waals surface area contributed by atoms with Crippen LogP contribution in [0.15, 0.2) is 0 Å². The number of carbonyl (C=O) groups excluding carboxylic acids is 2. The fourth-order valence-corrected chi connectivity index (χ4v) is 3.06. The summed E-state index contributed by atoms with van der Waals surface area (Å²) in [5.41, 5.74) is 0. The monoisotopic (exact) mass is 242 g/mol. The predicted octanol–water partition coefficient (Wildman–Crippen LogP) is 0.967. The van der Waals surface area contributed by atoms with Crippen LogP contribution in [0.2, 0.25) is 0 Å². The number of carbonyl (C=O) groups is 2. The molecule has 0 radical (unpaired) electrons. The zero-order valence-electron chi connectivity index (χ0n) is 10.3. The number of esters is 2. The van der Waals surface area contributed by atoms with E-state index in [-0.39, 0.29) is 35.6 Å². The molecule has 2 aliphatic rings. The molecule has 0 spiro atoms. The Morgan fingerprint density at radius 3 is 2.82 bits per heavy atom. The highest BCUT2D eigenvalue weighted by Crippen LogP contribution is 2.49. The topological polar surface area (TPSA) is 61.8 Å². The zero-order valence-corrected chi connectivity index (χ0v) is 10.3. The highest BCUT2D eigenvalue weighted by atomic mass is 16.7. The van der Waals surface area contributed by atoms with E-state index in [1.165, 1.54) is 7.11 Å². The SMILES string of the molecule is CCOC(=O)[C@H]1C[C@@H](C)[C@H]2C(=O)O[C@H](OC)[C@H]21. The van der Waals surface area contributed by atoms with Gasteiger partial charge in [0.2, 0.25) is 6.29 Å². The first-order valence-corrected chi connectivity index (χ1v) is 6.00. The second kappa shape index (κ2) is 4.64. The summed E-state index contributed by atoms with van der Waals surface area (Å²) in [6, 6.07) is 0. The summed E-state index contributed by atoms with van der Waals surface area (Å²) in [5, 5.41) is 0. The van der Waals surface area contributed by atoms with Crippen LogP contribution in [0.5, 0.6) is 0 Å². The van der Waals surface area contributed by atoms with E-state index in [9.17, 15) is 9.59 Å². The number of cyclic esters (lactones) is 1. The summed E-state index contributed by atoms with van der Waals surface area (Å²) in [6.07, 6.45) is 0.0650. The van der Waals surface area contributed by atoms with Crippen LogP contribution in [-0.2, 0) is 23.8 Å². The van der Waals surface area contributed by atoms with Crippen molar-refractivity contribution in [2.24, 2.45) is 23.7 Å². The Morgan fingerprint density at radius 2 is 2.24 bits per heavy atom. The average molecular weight is 242 g/mol. The summed E-state index contributed by atoms with van der Waals surface area (Å²) in [6.45, 7) is 4.10. The normalized spacial score (nSPS) is 39.9. The molecule has 1 aliphatic heterocycles. The maximum atomic E-state index is 11.9. The van der Waals surface area contributed by atoms with Gasteiger partial charge >= 0.3 is 11.9 Å². The van der Waals surface area contributed by atoms with Gasteiger partial charge < -0.3 is 14.2 Å². The minimum atomic E-state index is -0.605. The number of rotatable bonds is 3. The van der Waals surface area contributed by atoms with Crippen LogP contribution in [0.3, 0.4) is 0 Å². The van der Waals surface area contributed by atoms with Gasteiger partial charge in [-0.05, 0) is 19.3 Å². The molecule has 1 saturated carbocycles. The highest BCUT2D eigenvalue weighted by Gasteiger charge is 2.58. The number of ether oxygens (including phenoxy) is 3. The number of methoxy groups -OCH3 is 1. The molecule has 0 aromatic rings. The molecule has 17 heavy (non-hydrogen) atoms. The number of hydrogen-bond donors (Lipinski definition) is 0. The van der Waals surface area contributed by atoms with Gasteiger partial charge in [0.05, 0.1) is 18.4 Å². The van der Waals surface area contributed by atoms with Gasteiger partial charge in [-0.1, -0.05) is 6.92 Å². The van der Waals surface area contributed by atoms with E-state index in [0.717, 1.165) is 0 Å². The number of fused-ring (bicyclic) bond motifs is 1. The van der Waals surface area contributed by atoms with Crippen molar-refractivity contribution >= 4 is 11.9 Å². The second-order valence-corrected chi connectivity index (χ2v) is 4.72. The summed E-state index contributed by atoms with van der Waals surface area (Å²) in [5.74, 6) is -1.06. The minimum Gasteiger partial charge on any atom is -0.466 e. The quantitative estimate of drug-likeness (QED) is 0.690. The molecule has 1 aliphatic carbocycles. The fraction of sp³-hybridized carbons (Fsp3) is 0.833. The lowest BCUT2D eigenvalue weighted by Gasteiger charge is -2.20. The van der Waals surface area contributed by atoms with Crippen LogP contribution in [0.1, 0.15) is 20.3 Å². The van der Waals surface area contributed by atoms with Gasteiger partial charge in [-0.15, -0.1) is 0 Å². The van der Waals surface area contributed by atoms with E-state index in [1.807, 2.05) is 6.92 Å². The highest BCUT2D eigenvalue weighted by molar-refractivity contribution is 5.80. The van der Waals surface area contributed by atoms with Crippen LogP contribution in [-0.4, -0.2) is 31.9 Å². The predicted molar refractivity (Wildman–Crippen MR) is 57.8 cm³/mol. The van der Waals surface area contributed by atoms with Gasteiger partial charge in [0, 0.05) is 13.0 Å². The van der Waals surface area contributed by atoms with E-state index >= 15 is 0 Å². The van der Waals surface area contributed by atoms with Gasteiger partial charge in [-0.2, -0.15) is 0 Å². The Balaban J connectivity index is 2.20. The Bertz CT molecular complexity index is 327. The van der Waals surface area contributed by atoms with Crippen LogP contribution in [0.25, 0.3) is 0 Å². The molecule has 1 heterocycles. The van der Waals surface area contributed by atoms with E-state index in [2.05, 4.69) is 0 Å². The van der Waals surface area contributed by atoms with E-state index in [1.54, 1.807) is 6.92 Å². The minimum absolute atomic E-state index is 0.141. The molecule has 5 nitrogen and oxygen atoms in total. The molecule has 5 heteroatoms. The van der Waals surface area contributed by atoms with Gasteiger partial charge in [0.25, 0.3) is 0 Å². The van der Waals surface area contributed by atoms with Crippen molar-refractivity contribution in [3.05, 3.63) is 0 Å². The largest absolute Gasteiger partial charge is 0.466 e. The first-order valence-electron chi connectivity index (χ1n) is 6.00. The molecule has 96 valence electrons. The molecule has 0 unspecified atom stereocenters. The Kier molecular flexibility index (Phi) is 3.38. The van der Waals surface area contributed by atoms with Crippen molar-refractivity contribution in [1.82, 2.24) is 0 Å². The molecule has 0 aromatic carbocycles. The molecule has 0 aromatic heterocycles. The summed E-state index contributed by atoms with van der Waals surface area (Å²) < 4.78 is 15.3. The molecule has 1 saturated heterocycles. The molecule has 0 bridgehead atoms. The van der Waals surface area contributed by atoms with Gasteiger partial charge in [-0.3, -0.25) is 9.59 Å². The van der Waals surface area contributed by atoms with Crippen molar-refractivity contribution in [1.29, 1.82) is 0 Å². The van der Waals surface area contributed by atoms with Crippen LogP contribution >= 0.6 is 0 Å². The first kappa shape index (κ1) is 12.4. The van der Waals surface area contributed by atoms with E-state index in [0.29, 0.717) is 13.0 Å². The Hall–Kier alpha value is -1.10. The van der Waals surface area contributed by atoms with Crippen molar-refractivity contribution in [3.8, 4) is 0 Å². The van der Waals surface area contributed by atoms with Gasteiger partial charge in [-0.25, -0.2) is 0 Å². The average Bonchev–Trinajstić information content (AvgIpc) is 2.79. The van der Waals surface area contributed by atoms with Crippen molar-refractivity contribution in [2.75, 3.05) is 13.7 Å². The third-order valence-corrected chi connectivity index (χ3v) is 3.76. The second-order valence-electron chi connectivity index (χ2n) is 4.72. The molecule has 5 atom stereocenters. The Labute approximate surface area is 100 Å². The van der Waals surface area contributed by atoms with E-state index < -0.39 is 6.29 Å². The maximum absolute atomic E-state index is 11.9. The van der Waals surface area contributed by atoms with Gasteiger partial charge in [0.15, 0.2) is 0 Å². The Morgan fingerprint density at radius 1 is 1.53 bits per heavy atom. The summed E-state index contributed by atoms with van der Waals surface area (Å²) in [4.78, 5) is 23.6. The van der Waals surface area contributed by atoms with Crippen LogP contribution in [0.4, 0.5) is 0 Å². The van der Waals surface area contributed by atoms with Crippen molar-refractivity contribution < 1.29 is 23.8 Å². The fourth-order valence-electron chi connectivity index (χ4n) is 3.06. The lowest BCUT2D eigenvalue weighted by atomic mass is 9.89. The third-order valence-electron chi connectivity index (χ3n) is 3.76. The lowest BCUT2D eigenvalue weighted by Crippen LogP contribution is -2.30. The number of hydrogen-bond acceptors (Lipinski definition) is 5. The van der Waals surface area contributed by atoms with Crippen molar-refractivity contribution in [3.63, 3.8) is 0 Å². The molecule has 2 fully saturated rings. The molecule has 2 rings (SSSR count). The lowest BCUT2D eigenvalue weighted by molar-refractivity contribution is -0.170. The molecule has 0 N–H and O–H groups in total. The summed E-state index contributed by atoms with van der Waals surface area (Å²) >= 11 is 0. The zero-order chi connectivity index (χ0) is 12.6. The standard InChI is InChI=1S/C12H18O5/c1-4-16-10(13)7-5-6(2)8-9(7)12(15-3)17-11(8)14/h6-9,12H,4-5H2,1-3H3/t6-,7+,8-,9+,12+/m1/s1. The molecular formula is C12H18O5. The smallest absolute Gasteiger partial charge is 0.312 e.